The highest BCUT2D eigenvalue weighted by atomic mass is 16.2. The Labute approximate surface area is 247 Å². The SMILES string of the molecule is [2H][13C]1([2H])c2c3ccc4ccccc4c3cc3cccc(c23)[13C]1=O.[2H][13C]1([2H])c2c3ccccc3cc3c2c(cc2ccccc23)[13C]1=O. The van der Waals surface area contributed by atoms with Crippen molar-refractivity contribution in [3.8, 4) is 0 Å². The molecule has 0 radical (unpaired) electrons. The number of carbonyl (C=O) groups is 2. The fourth-order valence-electron chi connectivity index (χ4n) is 6.85. The third-order valence-electron chi connectivity index (χ3n) is 8.72. The smallest absolute Gasteiger partial charge is 0.167 e. The van der Waals surface area contributed by atoms with E-state index in [1.165, 1.54) is 0 Å². The molecule has 0 aliphatic heterocycles. The van der Waals surface area contributed by atoms with Gasteiger partial charge < -0.3 is 0 Å². The zero-order valence-electron chi connectivity index (χ0n) is 26.4. The molecule has 0 fully saturated rings. The molecule has 196 valence electrons. The summed E-state index contributed by atoms with van der Waals surface area (Å²) >= 11 is 0. The Kier molecular flexibility index (Phi) is 4.02. The van der Waals surface area contributed by atoms with E-state index in [1.807, 2.05) is 97.1 Å². The summed E-state index contributed by atoms with van der Waals surface area (Å²) in [5.74, 6) is -0.863. The predicted octanol–water partition coefficient (Wildman–Crippen LogP) is 9.77. The largest absolute Gasteiger partial charge is 0.294 e. The van der Waals surface area contributed by atoms with Crippen LogP contribution in [0, 0.1) is 0 Å². The van der Waals surface area contributed by atoms with Gasteiger partial charge in [0.2, 0.25) is 0 Å². The van der Waals surface area contributed by atoms with Crippen LogP contribution in [0.4, 0.5) is 0 Å². The molecule has 8 aromatic carbocycles. The molecule has 0 heterocycles. The van der Waals surface area contributed by atoms with Crippen molar-refractivity contribution in [2.75, 3.05) is 0 Å². The molecule has 10 rings (SSSR count). The van der Waals surface area contributed by atoms with Crippen molar-refractivity contribution in [1.82, 2.24) is 0 Å². The predicted molar refractivity (Wildman–Crippen MR) is 174 cm³/mol. The van der Waals surface area contributed by atoms with Crippen LogP contribution < -0.4 is 0 Å². The molecule has 0 aromatic heterocycles. The minimum atomic E-state index is -1.97. The fourth-order valence-corrected chi connectivity index (χ4v) is 6.85. The van der Waals surface area contributed by atoms with Gasteiger partial charge in [-0.2, -0.15) is 0 Å². The van der Waals surface area contributed by atoms with E-state index in [2.05, 4.69) is 18.2 Å². The molecule has 2 aliphatic rings. The second-order valence-corrected chi connectivity index (χ2v) is 11.0. The van der Waals surface area contributed by atoms with Crippen LogP contribution in [0.1, 0.15) is 37.3 Å². The first-order chi connectivity index (χ1) is 22.2. The van der Waals surface area contributed by atoms with Crippen LogP contribution in [0.5, 0.6) is 0 Å². The molecular weight excluding hydrogens is 516 g/mol. The Balaban J connectivity index is 0.000000127. The first-order valence-corrected chi connectivity index (χ1v) is 14.0. The fraction of sp³-hybridized carbons (Fsp3) is 0.0500. The molecule has 0 bridgehead atoms. The van der Waals surface area contributed by atoms with Gasteiger partial charge in [0.25, 0.3) is 0 Å². The highest BCUT2D eigenvalue weighted by Gasteiger charge is 2.26. The van der Waals surface area contributed by atoms with E-state index in [0.29, 0.717) is 22.3 Å². The number of hydrogen-bond acceptors (Lipinski definition) is 2. The van der Waals surface area contributed by atoms with Gasteiger partial charge in [-0.25, -0.2) is 0 Å². The van der Waals surface area contributed by atoms with Crippen molar-refractivity contribution in [2.24, 2.45) is 0 Å². The van der Waals surface area contributed by atoms with Gasteiger partial charge in [0, 0.05) is 29.4 Å². The van der Waals surface area contributed by atoms with Gasteiger partial charge in [-0.15, -0.1) is 0 Å². The summed E-state index contributed by atoms with van der Waals surface area (Å²) in [6.45, 7) is 0. The van der Waals surface area contributed by atoms with Gasteiger partial charge >= 0.3 is 0 Å². The summed E-state index contributed by atoms with van der Waals surface area (Å²) in [5.41, 5.74) is 2.05. The summed E-state index contributed by atoms with van der Waals surface area (Å²) < 4.78 is 33.5. The van der Waals surface area contributed by atoms with Crippen LogP contribution in [-0.4, -0.2) is 11.6 Å². The van der Waals surface area contributed by atoms with Crippen molar-refractivity contribution >= 4 is 76.2 Å². The second kappa shape index (κ2) is 8.58. The summed E-state index contributed by atoms with van der Waals surface area (Å²) in [7, 11) is 0. The molecule has 0 spiro atoms. The molecule has 0 saturated carbocycles. The lowest BCUT2D eigenvalue weighted by molar-refractivity contribution is 0.0992. The molecule has 0 unspecified atom stereocenters. The number of fused-ring (bicyclic) bond motifs is 8. The average molecular weight is 545 g/mol. The maximum atomic E-state index is 12.7. The van der Waals surface area contributed by atoms with Gasteiger partial charge in [0.1, 0.15) is 0 Å². The number of carbonyl (C=O) groups excluding carboxylic acids is 2. The minimum Gasteiger partial charge on any atom is -0.294 e. The van der Waals surface area contributed by atoms with Crippen molar-refractivity contribution < 1.29 is 15.1 Å². The van der Waals surface area contributed by atoms with Crippen LogP contribution in [0.25, 0.3) is 64.6 Å². The molecule has 2 aliphatic carbocycles. The van der Waals surface area contributed by atoms with Gasteiger partial charge in [-0.1, -0.05) is 103 Å². The van der Waals surface area contributed by atoms with E-state index in [4.69, 9.17) is 5.48 Å². The highest BCUT2D eigenvalue weighted by Crippen LogP contribution is 2.41. The molecule has 0 atom stereocenters. The number of Topliss-reactive ketones (excluding diaryl/α,β-unsaturated/α-hetero) is 2. The Bertz CT molecular complexity index is 2690. The number of rotatable bonds is 0. The van der Waals surface area contributed by atoms with E-state index in [0.717, 1.165) is 64.6 Å². The quantitative estimate of drug-likeness (QED) is 0.108. The van der Waals surface area contributed by atoms with Crippen molar-refractivity contribution in [3.63, 3.8) is 0 Å². The van der Waals surface area contributed by atoms with Crippen LogP contribution in [0.15, 0.2) is 121 Å². The molecule has 0 N–H and O–H groups in total. The Morgan fingerprint density at radius 3 is 1.76 bits per heavy atom. The third-order valence-corrected chi connectivity index (χ3v) is 8.72. The number of hydrogen-bond donors (Lipinski definition) is 0. The molecule has 8 aromatic rings. The lowest BCUT2D eigenvalue weighted by Gasteiger charge is -2.09. The van der Waals surface area contributed by atoms with Crippen LogP contribution in [0.3, 0.4) is 0 Å². The van der Waals surface area contributed by atoms with E-state index < -0.39 is 24.3 Å². The summed E-state index contributed by atoms with van der Waals surface area (Å²) in [5, 5.41) is 11.3. The van der Waals surface area contributed by atoms with Crippen molar-refractivity contribution in [3.05, 3.63) is 144 Å². The molecule has 2 nitrogen and oxygen atoms in total. The zero-order chi connectivity index (χ0) is 31.5. The Morgan fingerprint density at radius 2 is 0.976 bits per heavy atom. The Morgan fingerprint density at radius 1 is 0.405 bits per heavy atom. The first-order valence-electron chi connectivity index (χ1n) is 16.0. The monoisotopic (exact) mass is 544 g/mol. The number of ketones is 2. The van der Waals surface area contributed by atoms with Gasteiger partial charge in [0.05, 0.1) is 0 Å². The van der Waals surface area contributed by atoms with E-state index in [1.54, 1.807) is 6.07 Å². The minimum absolute atomic E-state index is 0.431. The first kappa shape index (κ1) is 19.7. The third kappa shape index (κ3) is 3.21. The highest BCUT2D eigenvalue weighted by molar-refractivity contribution is 6.27. The van der Waals surface area contributed by atoms with Gasteiger partial charge in [0.15, 0.2) is 11.6 Å². The Hall–Kier alpha value is -5.34. The summed E-state index contributed by atoms with van der Waals surface area (Å²) in [6.07, 6.45) is -3.94. The van der Waals surface area contributed by atoms with Crippen molar-refractivity contribution in [2.45, 2.75) is 12.7 Å². The van der Waals surface area contributed by atoms with Crippen LogP contribution in [-0.2, 0) is 12.7 Å². The maximum absolute atomic E-state index is 12.7. The normalized spacial score (nSPS) is 17.4. The second-order valence-electron chi connectivity index (χ2n) is 11.0. The van der Waals surface area contributed by atoms with Crippen molar-refractivity contribution in [1.29, 1.82) is 0 Å². The molecular formula is C40H24O2. The van der Waals surface area contributed by atoms with E-state index >= 15 is 0 Å². The van der Waals surface area contributed by atoms with Gasteiger partial charge in [-0.3, -0.25) is 9.59 Å². The summed E-state index contributed by atoms with van der Waals surface area (Å²) in [6, 6.07) is 39.2. The molecule has 0 saturated heterocycles. The molecule has 42 heavy (non-hydrogen) atoms. The number of benzene rings is 8. The molecule has 2 heteroatoms. The van der Waals surface area contributed by atoms with Gasteiger partial charge in [-0.05, 0) is 94.0 Å². The zero-order valence-corrected chi connectivity index (χ0v) is 22.4. The van der Waals surface area contributed by atoms with E-state index in [-0.39, 0.29) is 0 Å². The topological polar surface area (TPSA) is 34.1 Å². The molecule has 0 amide bonds. The van der Waals surface area contributed by atoms with Crippen LogP contribution in [0.2, 0.25) is 0 Å². The maximum Gasteiger partial charge on any atom is 0.167 e. The standard InChI is InChI=1S/2C20H12O/c21-19-11-17-15-8-4-1-5-12(15)9-16-14-7-3-2-6-13(14)10-18(19)20(16)17;21-19-11-18-15-9-8-12-4-1-2-6-14(12)17(15)10-13-5-3-7-16(19)20(13)18/h2*1-10H,11H2/i2*11+1D2,19+1. The summed E-state index contributed by atoms with van der Waals surface area (Å²) in [4.78, 5) is 25.2. The lowest BCUT2D eigenvalue weighted by atomic mass is 9.95. The average Bonchev–Trinajstić information content (AvgIpc) is 3.41. The van der Waals surface area contributed by atoms with E-state index in [9.17, 15) is 9.59 Å². The lowest BCUT2D eigenvalue weighted by Crippen LogP contribution is -1.93. The van der Waals surface area contributed by atoms with Crippen LogP contribution >= 0.6 is 0 Å².